The van der Waals surface area contributed by atoms with Gasteiger partial charge in [0, 0.05) is 27.9 Å². The van der Waals surface area contributed by atoms with Gasteiger partial charge in [-0.05, 0) is 51.1 Å². The van der Waals surface area contributed by atoms with Crippen molar-refractivity contribution in [2.45, 2.75) is 27.2 Å². The van der Waals surface area contributed by atoms with Crippen LogP contribution in [0.25, 0.3) is 5.69 Å². The van der Waals surface area contributed by atoms with Gasteiger partial charge in [0.05, 0.1) is 23.5 Å². The average Bonchev–Trinajstić information content (AvgIpc) is 3.27. The maximum atomic E-state index is 12.8. The fraction of sp³-hybridized carbons (Fsp3) is 0.227. The number of carbonyl (C=O) groups excluding carboxylic acids is 2. The summed E-state index contributed by atoms with van der Waals surface area (Å²) in [6, 6.07) is 10.5. The van der Waals surface area contributed by atoms with Crippen molar-refractivity contribution in [1.82, 2.24) is 9.78 Å². The number of amides is 1. The maximum absolute atomic E-state index is 12.8. The van der Waals surface area contributed by atoms with E-state index in [0.717, 1.165) is 22.6 Å². The molecule has 0 aliphatic carbocycles. The molecule has 30 heavy (non-hydrogen) atoms. The second-order valence-corrected chi connectivity index (χ2v) is 7.51. The SMILES string of the molecule is CC(=O)c1cc2c(cc1NC(=O)Cc1c(C)nn(-c3ccc(Cl)cc3)c1C)OCO2. The summed E-state index contributed by atoms with van der Waals surface area (Å²) in [5.74, 6) is 0.567. The summed E-state index contributed by atoms with van der Waals surface area (Å²) in [5.41, 5.74) is 4.08. The fourth-order valence-electron chi connectivity index (χ4n) is 3.46. The molecule has 154 valence electrons. The molecule has 1 aliphatic heterocycles. The first-order chi connectivity index (χ1) is 14.3. The van der Waals surface area contributed by atoms with Crippen LogP contribution in [0.1, 0.15) is 34.2 Å². The van der Waals surface area contributed by atoms with Crippen molar-refractivity contribution in [3.8, 4) is 17.2 Å². The van der Waals surface area contributed by atoms with E-state index in [2.05, 4.69) is 10.4 Å². The number of carbonyl (C=O) groups is 2. The molecule has 2 heterocycles. The van der Waals surface area contributed by atoms with Gasteiger partial charge in [-0.2, -0.15) is 5.10 Å². The van der Waals surface area contributed by atoms with Crippen LogP contribution in [-0.4, -0.2) is 28.3 Å². The normalized spacial score (nSPS) is 12.1. The Labute approximate surface area is 178 Å². The number of ketones is 1. The molecule has 1 aliphatic rings. The highest BCUT2D eigenvalue weighted by atomic mass is 35.5. The molecular formula is C22H20ClN3O4. The lowest BCUT2D eigenvalue weighted by Gasteiger charge is -2.11. The van der Waals surface area contributed by atoms with Gasteiger partial charge in [-0.3, -0.25) is 9.59 Å². The third-order valence-corrected chi connectivity index (χ3v) is 5.27. The summed E-state index contributed by atoms with van der Waals surface area (Å²) in [6.07, 6.45) is 0.122. The fourth-order valence-corrected chi connectivity index (χ4v) is 3.58. The molecule has 0 saturated carbocycles. The van der Waals surface area contributed by atoms with E-state index in [1.165, 1.54) is 6.92 Å². The number of ether oxygens (including phenoxy) is 2. The van der Waals surface area contributed by atoms with E-state index in [9.17, 15) is 9.59 Å². The molecule has 0 saturated heterocycles. The number of Topliss-reactive ketones (excluding diaryl/α,β-unsaturated/α-hetero) is 1. The van der Waals surface area contributed by atoms with Gasteiger partial charge in [-0.25, -0.2) is 4.68 Å². The van der Waals surface area contributed by atoms with Crippen molar-refractivity contribution in [2.24, 2.45) is 0 Å². The number of anilines is 1. The van der Waals surface area contributed by atoms with Gasteiger partial charge in [-0.1, -0.05) is 11.6 Å². The number of hydrogen-bond donors (Lipinski definition) is 1. The van der Waals surface area contributed by atoms with Crippen LogP contribution in [0.4, 0.5) is 5.69 Å². The molecule has 7 nitrogen and oxygen atoms in total. The van der Waals surface area contributed by atoms with Gasteiger partial charge in [0.1, 0.15) is 0 Å². The molecule has 1 N–H and O–H groups in total. The molecule has 8 heteroatoms. The lowest BCUT2D eigenvalue weighted by molar-refractivity contribution is -0.115. The molecule has 1 aromatic heterocycles. The Morgan fingerprint density at radius 2 is 1.80 bits per heavy atom. The van der Waals surface area contributed by atoms with Crippen LogP contribution in [0.3, 0.4) is 0 Å². The number of aromatic nitrogens is 2. The molecule has 3 aromatic rings. The highest BCUT2D eigenvalue weighted by Gasteiger charge is 2.22. The van der Waals surface area contributed by atoms with E-state index in [1.54, 1.807) is 28.9 Å². The lowest BCUT2D eigenvalue weighted by Crippen LogP contribution is -2.17. The summed E-state index contributed by atoms with van der Waals surface area (Å²) in [6.45, 7) is 5.31. The lowest BCUT2D eigenvalue weighted by atomic mass is 10.1. The average molecular weight is 426 g/mol. The summed E-state index contributed by atoms with van der Waals surface area (Å²) in [5, 5.41) is 8.04. The van der Waals surface area contributed by atoms with Crippen LogP contribution < -0.4 is 14.8 Å². The number of benzene rings is 2. The second kappa shape index (κ2) is 7.84. The van der Waals surface area contributed by atoms with E-state index < -0.39 is 0 Å². The number of rotatable bonds is 5. The van der Waals surface area contributed by atoms with E-state index in [1.807, 2.05) is 26.0 Å². The van der Waals surface area contributed by atoms with Crippen LogP contribution in [0.2, 0.25) is 5.02 Å². The molecule has 0 atom stereocenters. The largest absolute Gasteiger partial charge is 0.454 e. The molecule has 2 aromatic carbocycles. The van der Waals surface area contributed by atoms with Crippen LogP contribution in [0, 0.1) is 13.8 Å². The van der Waals surface area contributed by atoms with E-state index >= 15 is 0 Å². The van der Waals surface area contributed by atoms with Crippen LogP contribution in [0.15, 0.2) is 36.4 Å². The van der Waals surface area contributed by atoms with E-state index in [-0.39, 0.29) is 24.9 Å². The molecule has 1 amide bonds. The van der Waals surface area contributed by atoms with Gasteiger partial charge in [0.25, 0.3) is 0 Å². The monoisotopic (exact) mass is 425 g/mol. The number of halogens is 1. The van der Waals surface area contributed by atoms with Gasteiger partial charge < -0.3 is 14.8 Å². The minimum absolute atomic E-state index is 0.0896. The van der Waals surface area contributed by atoms with Crippen LogP contribution in [0.5, 0.6) is 11.5 Å². The van der Waals surface area contributed by atoms with Crippen molar-refractivity contribution in [2.75, 3.05) is 12.1 Å². The van der Waals surface area contributed by atoms with Gasteiger partial charge in [-0.15, -0.1) is 0 Å². The first kappa shape index (κ1) is 20.0. The Morgan fingerprint density at radius 3 is 2.47 bits per heavy atom. The zero-order chi connectivity index (χ0) is 21.4. The molecule has 0 unspecified atom stereocenters. The Kier molecular flexibility index (Phi) is 5.22. The topological polar surface area (TPSA) is 82.5 Å². The van der Waals surface area contributed by atoms with E-state index in [0.29, 0.717) is 27.8 Å². The Bertz CT molecular complexity index is 1150. The van der Waals surface area contributed by atoms with Gasteiger partial charge in [0.15, 0.2) is 17.3 Å². The smallest absolute Gasteiger partial charge is 0.231 e. The van der Waals surface area contributed by atoms with Crippen molar-refractivity contribution < 1.29 is 19.1 Å². The maximum Gasteiger partial charge on any atom is 0.231 e. The number of fused-ring (bicyclic) bond motifs is 1. The predicted octanol–water partition coefficient (Wildman–Crippen LogP) is 4.26. The number of nitrogens with zero attached hydrogens (tertiary/aromatic N) is 2. The number of aryl methyl sites for hydroxylation is 1. The first-order valence-electron chi connectivity index (χ1n) is 9.39. The quantitative estimate of drug-likeness (QED) is 0.618. The van der Waals surface area contributed by atoms with Gasteiger partial charge >= 0.3 is 0 Å². The van der Waals surface area contributed by atoms with Crippen LogP contribution >= 0.6 is 11.6 Å². The summed E-state index contributed by atoms with van der Waals surface area (Å²) >= 11 is 5.97. The van der Waals surface area contributed by atoms with Crippen LogP contribution in [-0.2, 0) is 11.2 Å². The summed E-state index contributed by atoms with van der Waals surface area (Å²) < 4.78 is 12.5. The van der Waals surface area contributed by atoms with E-state index in [4.69, 9.17) is 21.1 Å². The zero-order valence-corrected chi connectivity index (χ0v) is 17.5. The van der Waals surface area contributed by atoms with Crippen molar-refractivity contribution >= 4 is 29.0 Å². The number of nitrogens with one attached hydrogen (secondary N) is 1. The van der Waals surface area contributed by atoms with Gasteiger partial charge in [0.2, 0.25) is 12.7 Å². The Morgan fingerprint density at radius 1 is 1.13 bits per heavy atom. The highest BCUT2D eigenvalue weighted by molar-refractivity contribution is 6.30. The third-order valence-electron chi connectivity index (χ3n) is 5.02. The standard InChI is InChI=1S/C22H20ClN3O4/c1-12-17(13(2)26(25-12)16-6-4-15(23)5-7-16)9-22(28)24-19-10-21-20(29-11-30-21)8-18(19)14(3)27/h4-8,10H,9,11H2,1-3H3,(H,24,28). The zero-order valence-electron chi connectivity index (χ0n) is 16.8. The minimum atomic E-state index is -0.252. The van der Waals surface area contributed by atoms with Crippen molar-refractivity contribution in [1.29, 1.82) is 0 Å². The molecule has 0 bridgehead atoms. The third kappa shape index (κ3) is 3.76. The molecule has 0 fully saturated rings. The summed E-state index contributed by atoms with van der Waals surface area (Å²) in [4.78, 5) is 24.8. The molecule has 0 radical (unpaired) electrons. The first-order valence-corrected chi connectivity index (χ1v) is 9.76. The second-order valence-electron chi connectivity index (χ2n) is 7.07. The molecule has 4 rings (SSSR count). The molecule has 0 spiro atoms. The minimum Gasteiger partial charge on any atom is -0.454 e. The highest BCUT2D eigenvalue weighted by Crippen LogP contribution is 2.37. The van der Waals surface area contributed by atoms with Crippen molar-refractivity contribution in [3.63, 3.8) is 0 Å². The molecular weight excluding hydrogens is 406 g/mol. The van der Waals surface area contributed by atoms with Crippen molar-refractivity contribution in [3.05, 3.63) is 63.9 Å². The Hall–Kier alpha value is -3.32. The summed E-state index contributed by atoms with van der Waals surface area (Å²) in [7, 11) is 0. The predicted molar refractivity (Wildman–Crippen MR) is 113 cm³/mol. The Balaban J connectivity index is 1.58. The number of hydrogen-bond acceptors (Lipinski definition) is 5.